The van der Waals surface area contributed by atoms with Crippen LogP contribution in [0.2, 0.25) is 18.1 Å². The maximum absolute atomic E-state index is 13.1. The summed E-state index contributed by atoms with van der Waals surface area (Å²) in [5, 5.41) is 1.22. The number of allylic oxidation sites excluding steroid dienone is 1. The van der Waals surface area contributed by atoms with Gasteiger partial charge in [-0.05, 0) is 50.4 Å². The molecule has 0 heterocycles. The van der Waals surface area contributed by atoms with Crippen LogP contribution in [0.4, 0.5) is 0 Å². The van der Waals surface area contributed by atoms with E-state index in [-0.39, 0.29) is 11.1 Å². The van der Waals surface area contributed by atoms with Gasteiger partial charge in [0.1, 0.15) is 0 Å². The minimum absolute atomic E-state index is 0.117. The highest BCUT2D eigenvalue weighted by Crippen LogP contribution is 2.59. The van der Waals surface area contributed by atoms with Crippen LogP contribution in [0.1, 0.15) is 60.3 Å². The van der Waals surface area contributed by atoms with E-state index in [9.17, 15) is 4.57 Å². The normalized spacial score (nSPS) is 22.5. The first kappa shape index (κ1) is 20.2. The SMILES string of the molecule is CCCCP(=O)(OCC)C1=CC(O[Si](C)(C)C(C)(C)C)CC1. The van der Waals surface area contributed by atoms with Gasteiger partial charge in [0.25, 0.3) is 0 Å². The molecule has 0 aromatic carbocycles. The van der Waals surface area contributed by atoms with Crippen molar-refractivity contribution in [3.05, 3.63) is 11.4 Å². The van der Waals surface area contributed by atoms with Gasteiger partial charge in [-0.25, -0.2) is 0 Å². The highest BCUT2D eigenvalue weighted by molar-refractivity contribution is 7.63. The van der Waals surface area contributed by atoms with Crippen LogP contribution in [-0.2, 0) is 13.5 Å². The monoisotopic (exact) mass is 346 g/mol. The highest BCUT2D eigenvalue weighted by Gasteiger charge is 2.41. The van der Waals surface area contributed by atoms with Gasteiger partial charge in [-0.15, -0.1) is 0 Å². The lowest BCUT2D eigenvalue weighted by atomic mass is 10.2. The van der Waals surface area contributed by atoms with E-state index in [1.807, 2.05) is 6.92 Å². The molecular weight excluding hydrogens is 311 g/mol. The van der Waals surface area contributed by atoms with Gasteiger partial charge in [0.2, 0.25) is 7.37 Å². The summed E-state index contributed by atoms with van der Waals surface area (Å²) in [6.07, 6.45) is 6.73. The second-order valence-corrected chi connectivity index (χ2v) is 15.2. The fourth-order valence-corrected chi connectivity index (χ4v) is 6.36. The van der Waals surface area contributed by atoms with Crippen molar-refractivity contribution in [1.82, 2.24) is 0 Å². The van der Waals surface area contributed by atoms with Crippen molar-refractivity contribution >= 4 is 15.7 Å². The Hall–Kier alpha value is 0.107. The lowest BCUT2D eigenvalue weighted by Gasteiger charge is -2.38. The zero-order valence-corrected chi connectivity index (χ0v) is 17.5. The zero-order valence-electron chi connectivity index (χ0n) is 15.6. The minimum Gasteiger partial charge on any atom is -0.411 e. The van der Waals surface area contributed by atoms with Crippen LogP contribution in [0.15, 0.2) is 11.4 Å². The molecule has 2 unspecified atom stereocenters. The van der Waals surface area contributed by atoms with E-state index in [0.717, 1.165) is 31.0 Å². The largest absolute Gasteiger partial charge is 0.411 e. The average molecular weight is 347 g/mol. The summed E-state index contributed by atoms with van der Waals surface area (Å²) in [7, 11) is -4.41. The third kappa shape index (κ3) is 5.05. The molecule has 1 rings (SSSR count). The molecule has 0 bridgehead atoms. The number of hydrogen-bond donors (Lipinski definition) is 0. The molecule has 0 aromatic heterocycles. The zero-order chi connectivity index (χ0) is 17.0. The van der Waals surface area contributed by atoms with Gasteiger partial charge in [0.15, 0.2) is 8.32 Å². The van der Waals surface area contributed by atoms with Gasteiger partial charge in [0, 0.05) is 11.5 Å². The maximum atomic E-state index is 13.1. The summed E-state index contributed by atoms with van der Waals surface area (Å²) in [4.78, 5) is 0. The van der Waals surface area contributed by atoms with Crippen LogP contribution < -0.4 is 0 Å². The summed E-state index contributed by atoms with van der Waals surface area (Å²) >= 11 is 0. The van der Waals surface area contributed by atoms with Gasteiger partial charge >= 0.3 is 0 Å². The predicted molar refractivity (Wildman–Crippen MR) is 98.4 cm³/mol. The summed E-state index contributed by atoms with van der Waals surface area (Å²) in [6, 6.07) is 0. The minimum atomic E-state index is -2.63. The molecule has 0 aromatic rings. The molecule has 0 saturated carbocycles. The fraction of sp³-hybridized carbons (Fsp3) is 0.882. The first-order chi connectivity index (χ1) is 10.1. The van der Waals surface area contributed by atoms with Gasteiger partial charge in [0.05, 0.1) is 12.7 Å². The van der Waals surface area contributed by atoms with E-state index in [1.54, 1.807) is 0 Å². The number of hydrogen-bond acceptors (Lipinski definition) is 3. The van der Waals surface area contributed by atoms with Gasteiger partial charge in [-0.2, -0.15) is 0 Å². The Balaban J connectivity index is 2.84. The Labute approximate surface area is 138 Å². The predicted octanol–water partition coefficient (Wildman–Crippen LogP) is 6.17. The Morgan fingerprint density at radius 2 is 1.95 bits per heavy atom. The first-order valence-corrected chi connectivity index (χ1v) is 13.4. The molecule has 0 N–H and O–H groups in total. The Bertz CT molecular complexity index is 438. The van der Waals surface area contributed by atoms with E-state index in [2.05, 4.69) is 46.9 Å². The summed E-state index contributed by atoms with van der Waals surface area (Å²) in [5.41, 5.74) is 0. The Morgan fingerprint density at radius 1 is 1.32 bits per heavy atom. The van der Waals surface area contributed by atoms with Crippen molar-refractivity contribution in [1.29, 1.82) is 0 Å². The Kier molecular flexibility index (Phi) is 7.13. The van der Waals surface area contributed by atoms with E-state index in [0.29, 0.717) is 12.8 Å². The third-order valence-electron chi connectivity index (χ3n) is 4.90. The fourth-order valence-electron chi connectivity index (χ4n) is 2.47. The van der Waals surface area contributed by atoms with Crippen LogP contribution >= 0.6 is 7.37 Å². The molecule has 3 nitrogen and oxygen atoms in total. The lowest BCUT2D eigenvalue weighted by Crippen LogP contribution is -2.43. The summed E-state index contributed by atoms with van der Waals surface area (Å²) in [5.74, 6) is 0. The molecule has 2 atom stereocenters. The molecule has 1 aliphatic carbocycles. The van der Waals surface area contributed by atoms with Crippen LogP contribution in [0, 0.1) is 0 Å². The molecule has 0 aliphatic heterocycles. The van der Waals surface area contributed by atoms with Crippen molar-refractivity contribution in [3.63, 3.8) is 0 Å². The number of rotatable bonds is 8. The summed E-state index contributed by atoms with van der Waals surface area (Å²) < 4.78 is 25.3. The quantitative estimate of drug-likeness (QED) is 0.389. The second kappa shape index (κ2) is 7.79. The van der Waals surface area contributed by atoms with Crippen LogP contribution in [0.3, 0.4) is 0 Å². The summed E-state index contributed by atoms with van der Waals surface area (Å²) in [6.45, 7) is 15.9. The van der Waals surface area contributed by atoms with Gasteiger partial charge < -0.3 is 8.95 Å². The van der Waals surface area contributed by atoms with E-state index in [4.69, 9.17) is 8.95 Å². The van der Waals surface area contributed by atoms with Crippen molar-refractivity contribution in [2.24, 2.45) is 0 Å². The van der Waals surface area contributed by atoms with Crippen molar-refractivity contribution in [2.45, 2.75) is 84.5 Å². The Morgan fingerprint density at radius 3 is 2.45 bits per heavy atom. The van der Waals surface area contributed by atoms with Crippen LogP contribution in [0.25, 0.3) is 0 Å². The molecule has 0 spiro atoms. The molecule has 0 saturated heterocycles. The van der Waals surface area contributed by atoms with Crippen molar-refractivity contribution < 1.29 is 13.5 Å². The van der Waals surface area contributed by atoms with Crippen LogP contribution in [0.5, 0.6) is 0 Å². The molecule has 0 amide bonds. The first-order valence-electron chi connectivity index (χ1n) is 8.68. The molecule has 1 aliphatic rings. The second-order valence-electron chi connectivity index (χ2n) is 7.78. The van der Waals surface area contributed by atoms with Crippen molar-refractivity contribution in [2.75, 3.05) is 12.8 Å². The smallest absolute Gasteiger partial charge is 0.227 e. The van der Waals surface area contributed by atoms with E-state index in [1.165, 1.54) is 0 Å². The molecule has 130 valence electrons. The average Bonchev–Trinajstić information content (AvgIpc) is 2.84. The van der Waals surface area contributed by atoms with Gasteiger partial charge in [-0.1, -0.05) is 34.1 Å². The molecular formula is C17H35O3PSi. The molecule has 22 heavy (non-hydrogen) atoms. The van der Waals surface area contributed by atoms with Gasteiger partial charge in [-0.3, -0.25) is 4.57 Å². The van der Waals surface area contributed by atoms with E-state index >= 15 is 0 Å². The third-order valence-corrected chi connectivity index (χ3v) is 12.2. The molecule has 5 heteroatoms. The van der Waals surface area contributed by atoms with E-state index < -0.39 is 15.7 Å². The maximum Gasteiger partial charge on any atom is 0.227 e. The standard InChI is InChI=1S/C17H35O3PSi/c1-8-10-13-21(18,19-9-2)16-12-11-15(14-16)20-22(6,7)17(3,4)5/h14-15H,8-13H2,1-7H3. The molecule has 0 fully saturated rings. The molecule has 0 radical (unpaired) electrons. The van der Waals surface area contributed by atoms with Crippen molar-refractivity contribution in [3.8, 4) is 0 Å². The topological polar surface area (TPSA) is 35.5 Å². The highest BCUT2D eigenvalue weighted by atomic mass is 31.2. The number of unbranched alkanes of at least 4 members (excludes halogenated alkanes) is 1. The lowest BCUT2D eigenvalue weighted by molar-refractivity contribution is 0.224. The van der Waals surface area contributed by atoms with Crippen LogP contribution in [-0.4, -0.2) is 27.2 Å².